The van der Waals surface area contributed by atoms with Crippen LogP contribution in [0.15, 0.2) is 78.9 Å². The summed E-state index contributed by atoms with van der Waals surface area (Å²) in [6.07, 6.45) is 0.456. The maximum atomic E-state index is 10.3. The number of methoxy groups -OCH3 is 2. The second-order valence-corrected chi connectivity index (χ2v) is 9.85. The summed E-state index contributed by atoms with van der Waals surface area (Å²) < 4.78 is 11.0. The molecule has 0 aliphatic carbocycles. The number of β-amino-alcohol motifs (C(OH)–C–C–N with tert-alkyl or cyclic N) is 1. The van der Waals surface area contributed by atoms with E-state index in [2.05, 4.69) is 89.5 Å². The fourth-order valence-electron chi connectivity index (χ4n) is 5.47. The zero-order chi connectivity index (χ0) is 24.8. The van der Waals surface area contributed by atoms with E-state index in [0.717, 1.165) is 37.6 Å². The molecule has 0 spiro atoms. The molecule has 2 atom stereocenters. The van der Waals surface area contributed by atoms with Crippen LogP contribution >= 0.6 is 24.8 Å². The molecule has 0 saturated carbocycles. The lowest BCUT2D eigenvalue weighted by atomic mass is 9.85. The Balaban J connectivity index is 0.00000241. The number of hydrogen-bond donors (Lipinski definition) is 1. The van der Waals surface area contributed by atoms with Crippen LogP contribution in [-0.4, -0.2) is 66.9 Å². The Kier molecular flexibility index (Phi) is 11.7. The molecular formula is C30H40Cl2N2O3. The zero-order valence-corrected chi connectivity index (χ0v) is 23.8. The highest BCUT2D eigenvalue weighted by Gasteiger charge is 2.40. The summed E-state index contributed by atoms with van der Waals surface area (Å²) in [5.41, 5.74) is 3.63. The van der Waals surface area contributed by atoms with Gasteiger partial charge in [-0.1, -0.05) is 66.7 Å². The highest BCUT2D eigenvalue weighted by molar-refractivity contribution is 5.85. The van der Waals surface area contributed by atoms with Crippen molar-refractivity contribution in [3.05, 3.63) is 95.6 Å². The first-order chi connectivity index (χ1) is 16.9. The second-order valence-electron chi connectivity index (χ2n) is 9.85. The molecule has 5 nitrogen and oxygen atoms in total. The van der Waals surface area contributed by atoms with Crippen molar-refractivity contribution >= 4 is 24.8 Å². The molecule has 1 N–H and O–H groups in total. The van der Waals surface area contributed by atoms with E-state index in [1.54, 1.807) is 14.2 Å². The summed E-state index contributed by atoms with van der Waals surface area (Å²) in [4.78, 5) is 5.06. The van der Waals surface area contributed by atoms with Gasteiger partial charge in [-0.25, -0.2) is 0 Å². The Labute approximate surface area is 234 Å². The molecule has 1 aliphatic heterocycles. The van der Waals surface area contributed by atoms with E-state index in [-0.39, 0.29) is 42.5 Å². The van der Waals surface area contributed by atoms with Gasteiger partial charge in [0.1, 0.15) is 0 Å². The van der Waals surface area contributed by atoms with Gasteiger partial charge in [0.2, 0.25) is 0 Å². The molecule has 202 valence electrons. The van der Waals surface area contributed by atoms with Crippen molar-refractivity contribution in [2.75, 3.05) is 40.4 Å². The average molecular weight is 548 g/mol. The highest BCUT2D eigenvalue weighted by atomic mass is 35.5. The second kappa shape index (κ2) is 14.0. The van der Waals surface area contributed by atoms with Crippen LogP contribution in [0.25, 0.3) is 0 Å². The first-order valence-corrected chi connectivity index (χ1v) is 12.4. The summed E-state index contributed by atoms with van der Waals surface area (Å²) in [5.74, 6) is 1.48. The molecule has 37 heavy (non-hydrogen) atoms. The topological polar surface area (TPSA) is 45.2 Å². The minimum atomic E-state index is -0.384. The number of aliphatic hydroxyl groups excluding tert-OH is 1. The number of piperazine rings is 1. The molecule has 1 saturated heterocycles. The fraction of sp³-hybridized carbons (Fsp3) is 0.400. The molecule has 1 heterocycles. The molecular weight excluding hydrogens is 507 g/mol. The van der Waals surface area contributed by atoms with Gasteiger partial charge < -0.3 is 14.6 Å². The fourth-order valence-corrected chi connectivity index (χ4v) is 5.47. The minimum absolute atomic E-state index is 0. The Morgan fingerprint density at radius 1 is 0.838 bits per heavy atom. The number of nitrogens with zero attached hydrogens (tertiary/aromatic N) is 2. The number of rotatable bonds is 9. The van der Waals surface area contributed by atoms with Crippen LogP contribution in [-0.2, 0) is 6.42 Å². The van der Waals surface area contributed by atoms with Crippen molar-refractivity contribution in [3.8, 4) is 11.5 Å². The number of aliphatic hydroxyl groups is 1. The number of halogens is 2. The van der Waals surface area contributed by atoms with E-state index in [1.165, 1.54) is 16.7 Å². The van der Waals surface area contributed by atoms with Gasteiger partial charge in [-0.3, -0.25) is 9.80 Å². The SMILES string of the molecule is COc1ccc(CC2(C)CN(C(c3ccccc3)c3ccccc3)CCN2CC(C)O)cc1OC.Cl.Cl. The van der Waals surface area contributed by atoms with Crippen molar-refractivity contribution < 1.29 is 14.6 Å². The molecule has 1 aliphatic rings. The summed E-state index contributed by atoms with van der Waals surface area (Å²) in [5, 5.41) is 10.3. The van der Waals surface area contributed by atoms with Gasteiger partial charge in [-0.05, 0) is 49.1 Å². The third kappa shape index (κ3) is 7.40. The van der Waals surface area contributed by atoms with Gasteiger partial charge in [0, 0.05) is 31.7 Å². The Hall–Kier alpha value is -2.28. The van der Waals surface area contributed by atoms with Gasteiger partial charge in [0.15, 0.2) is 11.5 Å². The average Bonchev–Trinajstić information content (AvgIpc) is 2.87. The summed E-state index contributed by atoms with van der Waals surface area (Å²) in [6, 6.07) is 27.9. The molecule has 1 fully saturated rings. The molecule has 0 amide bonds. The lowest BCUT2D eigenvalue weighted by Crippen LogP contribution is -2.63. The predicted octanol–water partition coefficient (Wildman–Crippen LogP) is 5.64. The van der Waals surface area contributed by atoms with Gasteiger partial charge >= 0.3 is 0 Å². The number of ether oxygens (including phenoxy) is 2. The Morgan fingerprint density at radius 2 is 1.41 bits per heavy atom. The monoisotopic (exact) mass is 546 g/mol. The van der Waals surface area contributed by atoms with Crippen LogP contribution in [0.1, 0.15) is 36.6 Å². The molecule has 0 bridgehead atoms. The van der Waals surface area contributed by atoms with E-state index >= 15 is 0 Å². The first kappa shape index (κ1) is 30.9. The Bertz CT molecular complexity index is 1050. The lowest BCUT2D eigenvalue weighted by molar-refractivity contribution is -0.0256. The van der Waals surface area contributed by atoms with Crippen molar-refractivity contribution in [1.82, 2.24) is 9.80 Å². The predicted molar refractivity (Wildman–Crippen MR) is 156 cm³/mol. The molecule has 3 aromatic carbocycles. The summed E-state index contributed by atoms with van der Waals surface area (Å²) >= 11 is 0. The van der Waals surface area contributed by atoms with Gasteiger partial charge in [-0.15, -0.1) is 24.8 Å². The Morgan fingerprint density at radius 3 is 1.92 bits per heavy atom. The molecule has 7 heteroatoms. The number of benzene rings is 3. The minimum Gasteiger partial charge on any atom is -0.493 e. The normalized spacial score (nSPS) is 19.0. The van der Waals surface area contributed by atoms with E-state index in [9.17, 15) is 5.11 Å². The first-order valence-electron chi connectivity index (χ1n) is 12.4. The third-order valence-electron chi connectivity index (χ3n) is 7.08. The van der Waals surface area contributed by atoms with Crippen LogP contribution in [0.4, 0.5) is 0 Å². The quantitative estimate of drug-likeness (QED) is 0.376. The summed E-state index contributed by atoms with van der Waals surface area (Å²) in [6.45, 7) is 7.56. The van der Waals surface area contributed by atoms with Gasteiger partial charge in [-0.2, -0.15) is 0 Å². The van der Waals surface area contributed by atoms with E-state index in [1.807, 2.05) is 13.0 Å². The smallest absolute Gasteiger partial charge is 0.160 e. The number of hydrogen-bond acceptors (Lipinski definition) is 5. The molecule has 0 aromatic heterocycles. The third-order valence-corrected chi connectivity index (χ3v) is 7.08. The van der Waals surface area contributed by atoms with E-state index in [0.29, 0.717) is 6.54 Å². The summed E-state index contributed by atoms with van der Waals surface area (Å²) in [7, 11) is 3.34. The largest absolute Gasteiger partial charge is 0.493 e. The van der Waals surface area contributed by atoms with Gasteiger partial charge in [0.05, 0.1) is 26.4 Å². The van der Waals surface area contributed by atoms with Crippen molar-refractivity contribution in [2.45, 2.75) is 38.0 Å². The van der Waals surface area contributed by atoms with E-state index in [4.69, 9.17) is 9.47 Å². The molecule has 4 rings (SSSR count). The maximum absolute atomic E-state index is 10.3. The van der Waals surface area contributed by atoms with Crippen LogP contribution in [0.2, 0.25) is 0 Å². The van der Waals surface area contributed by atoms with Crippen LogP contribution in [0, 0.1) is 0 Å². The van der Waals surface area contributed by atoms with Crippen molar-refractivity contribution in [2.24, 2.45) is 0 Å². The van der Waals surface area contributed by atoms with Crippen LogP contribution in [0.3, 0.4) is 0 Å². The van der Waals surface area contributed by atoms with Crippen molar-refractivity contribution in [3.63, 3.8) is 0 Å². The maximum Gasteiger partial charge on any atom is 0.160 e. The van der Waals surface area contributed by atoms with Gasteiger partial charge in [0.25, 0.3) is 0 Å². The zero-order valence-electron chi connectivity index (χ0n) is 22.2. The highest BCUT2D eigenvalue weighted by Crippen LogP contribution is 2.36. The van der Waals surface area contributed by atoms with Crippen LogP contribution < -0.4 is 9.47 Å². The standard InChI is InChI=1S/C30H38N2O3.2ClH/c1-23(33)21-32-18-17-31(29(25-11-7-5-8-12-25)26-13-9-6-10-14-26)22-30(32,2)20-24-15-16-27(34-3)28(19-24)35-4;;/h5-16,19,23,29,33H,17-18,20-22H2,1-4H3;2*1H. The van der Waals surface area contributed by atoms with Crippen LogP contribution in [0.5, 0.6) is 11.5 Å². The molecule has 2 unspecified atom stereocenters. The lowest BCUT2D eigenvalue weighted by Gasteiger charge is -2.52. The van der Waals surface area contributed by atoms with Crippen molar-refractivity contribution in [1.29, 1.82) is 0 Å². The molecule has 3 aromatic rings. The van der Waals surface area contributed by atoms with E-state index < -0.39 is 0 Å². The molecule has 0 radical (unpaired) electrons.